The van der Waals surface area contributed by atoms with E-state index in [0.717, 1.165) is 12.4 Å². The lowest BCUT2D eigenvalue weighted by Crippen LogP contribution is -2.27. The van der Waals surface area contributed by atoms with E-state index in [0.29, 0.717) is 11.4 Å². The van der Waals surface area contributed by atoms with Gasteiger partial charge in [0.2, 0.25) is 0 Å². The summed E-state index contributed by atoms with van der Waals surface area (Å²) in [5.74, 6) is 1.40. The van der Waals surface area contributed by atoms with Gasteiger partial charge < -0.3 is 5.32 Å². The number of nitrogens with one attached hydrogen (secondary N) is 1. The number of nitrogens with zero attached hydrogens (tertiary/aromatic N) is 5. The maximum absolute atomic E-state index is 4.32. The quantitative estimate of drug-likeness (QED) is 0.880. The Hall–Kier alpha value is -1.82. The maximum Gasteiger partial charge on any atom is 0.252 e. The molecule has 6 heteroatoms. The van der Waals surface area contributed by atoms with Crippen molar-refractivity contribution >= 4 is 0 Å². The van der Waals surface area contributed by atoms with Crippen molar-refractivity contribution in [3.63, 3.8) is 0 Å². The fourth-order valence-corrected chi connectivity index (χ4v) is 1.98. The van der Waals surface area contributed by atoms with Gasteiger partial charge in [-0.2, -0.15) is 9.78 Å². The average molecular weight is 258 g/mol. The predicted molar refractivity (Wildman–Crippen MR) is 70.7 cm³/mol. The summed E-state index contributed by atoms with van der Waals surface area (Å²) in [5, 5.41) is 7.73. The van der Waals surface area contributed by atoms with Crippen LogP contribution in [0.25, 0.3) is 5.95 Å². The summed E-state index contributed by atoms with van der Waals surface area (Å²) in [6.45, 7) is 5.41. The van der Waals surface area contributed by atoms with Crippen LogP contribution in [-0.2, 0) is 0 Å². The highest BCUT2D eigenvalue weighted by Gasteiger charge is 2.37. The second-order valence-corrected chi connectivity index (χ2v) is 5.49. The van der Waals surface area contributed by atoms with Gasteiger partial charge in [-0.05, 0) is 31.2 Å². The Morgan fingerprint density at radius 2 is 2.05 bits per heavy atom. The molecule has 1 fully saturated rings. The summed E-state index contributed by atoms with van der Waals surface area (Å²) in [5.41, 5.74) is 0.475. The highest BCUT2D eigenvalue weighted by Crippen LogP contribution is 2.44. The molecule has 100 valence electrons. The third kappa shape index (κ3) is 2.63. The number of aromatic nitrogens is 5. The zero-order chi connectivity index (χ0) is 13.3. The minimum Gasteiger partial charge on any atom is -0.307 e. The molecule has 6 nitrogen and oxygen atoms in total. The monoisotopic (exact) mass is 258 g/mol. The first-order valence-corrected chi connectivity index (χ1v) is 6.59. The van der Waals surface area contributed by atoms with Crippen LogP contribution < -0.4 is 5.32 Å². The Morgan fingerprint density at radius 3 is 2.74 bits per heavy atom. The molecular weight excluding hydrogens is 240 g/mol. The van der Waals surface area contributed by atoms with Crippen LogP contribution in [0.5, 0.6) is 0 Å². The van der Waals surface area contributed by atoms with Crippen molar-refractivity contribution in [2.45, 2.75) is 32.7 Å². The molecule has 0 saturated heterocycles. The van der Waals surface area contributed by atoms with Crippen LogP contribution in [0.15, 0.2) is 24.8 Å². The van der Waals surface area contributed by atoms with Crippen LogP contribution in [0.3, 0.4) is 0 Å². The molecule has 1 aliphatic carbocycles. The van der Waals surface area contributed by atoms with Crippen molar-refractivity contribution in [3.05, 3.63) is 30.6 Å². The van der Waals surface area contributed by atoms with E-state index in [2.05, 4.69) is 39.2 Å². The van der Waals surface area contributed by atoms with E-state index in [1.54, 1.807) is 29.5 Å². The second-order valence-electron chi connectivity index (χ2n) is 5.49. The van der Waals surface area contributed by atoms with Gasteiger partial charge in [0.15, 0.2) is 5.82 Å². The fraction of sp³-hybridized carbons (Fsp3) is 0.538. The number of hydrogen-bond donors (Lipinski definition) is 1. The number of rotatable bonds is 5. The zero-order valence-corrected chi connectivity index (χ0v) is 11.2. The van der Waals surface area contributed by atoms with Crippen molar-refractivity contribution in [2.75, 3.05) is 6.54 Å². The van der Waals surface area contributed by atoms with Gasteiger partial charge in [-0.15, -0.1) is 0 Å². The van der Waals surface area contributed by atoms with Gasteiger partial charge >= 0.3 is 0 Å². The lowest BCUT2D eigenvalue weighted by atomic mass is 10.1. The Labute approximate surface area is 112 Å². The van der Waals surface area contributed by atoms with Crippen molar-refractivity contribution in [2.24, 2.45) is 5.41 Å². The van der Waals surface area contributed by atoms with E-state index in [1.807, 2.05) is 0 Å². The molecule has 3 rings (SSSR count). The van der Waals surface area contributed by atoms with Crippen molar-refractivity contribution in [1.82, 2.24) is 30.0 Å². The standard InChI is InChI=1S/C13H18N6/c1-10(16-8-13(2)4-5-13)11-17-9-18-19(11)12-14-6-3-7-15-12/h3,6-7,9-10,16H,4-5,8H2,1-2H3. The summed E-state index contributed by atoms with van der Waals surface area (Å²) in [6.07, 6.45) is 7.57. The molecule has 1 N–H and O–H groups in total. The van der Waals surface area contributed by atoms with Crippen LogP contribution in [0.2, 0.25) is 0 Å². The second kappa shape index (κ2) is 4.70. The van der Waals surface area contributed by atoms with E-state index in [1.165, 1.54) is 12.8 Å². The molecule has 0 bridgehead atoms. The predicted octanol–water partition coefficient (Wildman–Crippen LogP) is 1.51. The molecule has 0 amide bonds. The molecule has 0 aromatic carbocycles. The molecule has 2 aromatic rings. The highest BCUT2D eigenvalue weighted by atomic mass is 15.4. The first kappa shape index (κ1) is 12.2. The third-order valence-corrected chi connectivity index (χ3v) is 3.64. The van der Waals surface area contributed by atoms with Crippen LogP contribution in [0, 0.1) is 5.41 Å². The van der Waals surface area contributed by atoms with E-state index < -0.39 is 0 Å². The minimum absolute atomic E-state index is 0.128. The Kier molecular flexibility index (Phi) is 3.02. The van der Waals surface area contributed by atoms with Crippen LogP contribution in [0.4, 0.5) is 0 Å². The number of hydrogen-bond acceptors (Lipinski definition) is 5. The normalized spacial score (nSPS) is 18.2. The molecule has 2 heterocycles. The van der Waals surface area contributed by atoms with Gasteiger partial charge in [-0.25, -0.2) is 15.0 Å². The topological polar surface area (TPSA) is 68.5 Å². The summed E-state index contributed by atoms with van der Waals surface area (Å²) in [6, 6.07) is 1.92. The van der Waals surface area contributed by atoms with Crippen LogP contribution in [-0.4, -0.2) is 31.3 Å². The van der Waals surface area contributed by atoms with E-state index in [9.17, 15) is 0 Å². The summed E-state index contributed by atoms with van der Waals surface area (Å²) in [7, 11) is 0. The molecule has 0 aliphatic heterocycles. The third-order valence-electron chi connectivity index (χ3n) is 3.64. The first-order valence-electron chi connectivity index (χ1n) is 6.59. The van der Waals surface area contributed by atoms with Gasteiger partial charge in [0, 0.05) is 18.9 Å². The lowest BCUT2D eigenvalue weighted by Gasteiger charge is -2.16. The Balaban J connectivity index is 1.76. The van der Waals surface area contributed by atoms with E-state index >= 15 is 0 Å². The first-order chi connectivity index (χ1) is 9.18. The molecule has 1 saturated carbocycles. The Bertz CT molecular complexity index is 545. The maximum atomic E-state index is 4.32. The van der Waals surface area contributed by atoms with Crippen LogP contribution in [0.1, 0.15) is 38.6 Å². The van der Waals surface area contributed by atoms with Gasteiger partial charge in [0.25, 0.3) is 5.95 Å². The molecule has 19 heavy (non-hydrogen) atoms. The smallest absolute Gasteiger partial charge is 0.252 e. The largest absolute Gasteiger partial charge is 0.307 e. The van der Waals surface area contributed by atoms with Crippen molar-refractivity contribution in [3.8, 4) is 5.95 Å². The highest BCUT2D eigenvalue weighted by molar-refractivity contribution is 5.12. The summed E-state index contributed by atoms with van der Waals surface area (Å²) < 4.78 is 1.69. The van der Waals surface area contributed by atoms with Gasteiger partial charge in [-0.1, -0.05) is 6.92 Å². The van der Waals surface area contributed by atoms with Crippen molar-refractivity contribution < 1.29 is 0 Å². The SMILES string of the molecule is CC(NCC1(C)CC1)c1ncnn1-c1ncccn1. The van der Waals surface area contributed by atoms with Crippen LogP contribution >= 0.6 is 0 Å². The van der Waals surface area contributed by atoms with Gasteiger partial charge in [-0.3, -0.25) is 0 Å². The Morgan fingerprint density at radius 1 is 1.32 bits per heavy atom. The molecule has 0 spiro atoms. The van der Waals surface area contributed by atoms with Gasteiger partial charge in [0.1, 0.15) is 6.33 Å². The molecular formula is C13H18N6. The molecule has 1 aliphatic rings. The molecule has 0 radical (unpaired) electrons. The summed E-state index contributed by atoms with van der Waals surface area (Å²) >= 11 is 0. The molecule has 1 unspecified atom stereocenters. The zero-order valence-electron chi connectivity index (χ0n) is 11.2. The fourth-order valence-electron chi connectivity index (χ4n) is 1.98. The molecule has 2 aromatic heterocycles. The summed E-state index contributed by atoms with van der Waals surface area (Å²) in [4.78, 5) is 12.7. The van der Waals surface area contributed by atoms with E-state index in [-0.39, 0.29) is 6.04 Å². The van der Waals surface area contributed by atoms with Gasteiger partial charge in [0.05, 0.1) is 6.04 Å². The van der Waals surface area contributed by atoms with Crippen molar-refractivity contribution in [1.29, 1.82) is 0 Å². The minimum atomic E-state index is 0.128. The molecule has 1 atom stereocenters. The lowest BCUT2D eigenvalue weighted by molar-refractivity contribution is 0.441. The van der Waals surface area contributed by atoms with E-state index in [4.69, 9.17) is 0 Å². The average Bonchev–Trinajstić information content (AvgIpc) is 2.99.